The molecule has 0 amide bonds. The van der Waals surface area contributed by atoms with Crippen molar-refractivity contribution in [3.05, 3.63) is 59.7 Å². The molecule has 1 unspecified atom stereocenters. The van der Waals surface area contributed by atoms with Gasteiger partial charge in [-0.05, 0) is 24.6 Å². The molecule has 0 spiro atoms. The largest absolute Gasteiger partial charge is 0.383 e. The van der Waals surface area contributed by atoms with Crippen LogP contribution in [0.25, 0.3) is 0 Å². The van der Waals surface area contributed by atoms with Gasteiger partial charge in [-0.2, -0.15) is 0 Å². The molecule has 2 heteroatoms. The third kappa shape index (κ3) is 2.18. The van der Waals surface area contributed by atoms with Crippen molar-refractivity contribution in [2.24, 2.45) is 0 Å². The molecular weight excluding hydrogens is 226 g/mol. The van der Waals surface area contributed by atoms with E-state index >= 15 is 0 Å². The first-order chi connectivity index (χ1) is 8.33. The summed E-state index contributed by atoms with van der Waals surface area (Å²) in [5.74, 6) is 0. The van der Waals surface area contributed by atoms with Crippen LogP contribution in [0.1, 0.15) is 16.4 Å². The fraction of sp³-hybridized carbons (Fsp3) is 0.200. The minimum Gasteiger partial charge on any atom is -0.383 e. The number of aryl methyl sites for hydroxylation is 1. The maximum atomic E-state index is 3.51. The van der Waals surface area contributed by atoms with Gasteiger partial charge >= 0.3 is 0 Å². The van der Waals surface area contributed by atoms with Crippen LogP contribution in [0.15, 0.2) is 53.4 Å². The second-order valence-corrected chi connectivity index (χ2v) is 5.64. The van der Waals surface area contributed by atoms with Crippen LogP contribution >= 0.6 is 11.8 Å². The highest BCUT2D eigenvalue weighted by molar-refractivity contribution is 7.99. The summed E-state index contributed by atoms with van der Waals surface area (Å²) >= 11 is 1.96. The average Bonchev–Trinajstić information content (AvgIpc) is 2.38. The third-order valence-electron chi connectivity index (χ3n) is 3.05. The highest BCUT2D eigenvalue weighted by Gasteiger charge is 2.19. The maximum Gasteiger partial charge on any atom is 0.0517 e. The fourth-order valence-corrected chi connectivity index (χ4v) is 3.35. The molecule has 1 aliphatic heterocycles. The van der Waals surface area contributed by atoms with Crippen molar-refractivity contribution in [3.63, 3.8) is 0 Å². The number of hydrogen-bond acceptors (Lipinski definition) is 2. The van der Waals surface area contributed by atoms with Crippen LogP contribution in [0.5, 0.6) is 0 Å². The lowest BCUT2D eigenvalue weighted by Crippen LogP contribution is -2.15. The van der Waals surface area contributed by atoms with Gasteiger partial charge in [0.05, 0.1) is 5.25 Å². The van der Waals surface area contributed by atoms with Crippen molar-refractivity contribution in [3.8, 4) is 0 Å². The summed E-state index contributed by atoms with van der Waals surface area (Å²) in [5, 5.41) is 4.03. The molecule has 1 N–H and O–H groups in total. The van der Waals surface area contributed by atoms with Crippen molar-refractivity contribution in [2.45, 2.75) is 17.1 Å². The molecule has 1 heterocycles. The molecule has 0 saturated heterocycles. The lowest BCUT2D eigenvalue weighted by atomic mass is 10.1. The zero-order valence-electron chi connectivity index (χ0n) is 9.81. The van der Waals surface area contributed by atoms with E-state index in [1.165, 1.54) is 21.7 Å². The quantitative estimate of drug-likeness (QED) is 0.801. The molecule has 0 fully saturated rings. The average molecular weight is 241 g/mol. The summed E-state index contributed by atoms with van der Waals surface area (Å²) in [6.07, 6.45) is 0. The van der Waals surface area contributed by atoms with Gasteiger partial charge in [-0.25, -0.2) is 0 Å². The summed E-state index contributed by atoms with van der Waals surface area (Å²) in [7, 11) is 0. The molecule has 0 aliphatic carbocycles. The van der Waals surface area contributed by atoms with E-state index in [0.717, 1.165) is 6.54 Å². The molecule has 0 bridgehead atoms. The Bertz CT molecular complexity index is 536. The Balaban J connectivity index is 1.89. The number of hydrogen-bond donors (Lipinski definition) is 1. The first-order valence-electron chi connectivity index (χ1n) is 5.89. The standard InChI is InChI=1S/C15H15NS/c1-11-5-4-6-12(9-11)15-10-16-13-7-2-3-8-14(13)17-15/h2-9,15-16H,10H2,1H3. The highest BCUT2D eigenvalue weighted by Crippen LogP contribution is 2.42. The van der Waals surface area contributed by atoms with E-state index in [1.54, 1.807) is 0 Å². The minimum absolute atomic E-state index is 0.518. The van der Waals surface area contributed by atoms with E-state index in [9.17, 15) is 0 Å². The Morgan fingerprint density at radius 3 is 2.88 bits per heavy atom. The van der Waals surface area contributed by atoms with Crippen LogP contribution in [-0.4, -0.2) is 6.54 Å². The normalized spacial score (nSPS) is 18.3. The summed E-state index contributed by atoms with van der Waals surface area (Å²) in [5.41, 5.74) is 4.01. The molecule has 0 saturated carbocycles. The summed E-state index contributed by atoms with van der Waals surface area (Å²) < 4.78 is 0. The van der Waals surface area contributed by atoms with Crippen LogP contribution in [0.2, 0.25) is 0 Å². The molecule has 1 aliphatic rings. The lowest BCUT2D eigenvalue weighted by Gasteiger charge is -2.26. The van der Waals surface area contributed by atoms with Crippen molar-refractivity contribution < 1.29 is 0 Å². The molecular formula is C15H15NS. The molecule has 0 aromatic heterocycles. The van der Waals surface area contributed by atoms with Gasteiger partial charge in [0.2, 0.25) is 0 Å². The minimum atomic E-state index is 0.518. The Labute approximate surface area is 106 Å². The number of anilines is 1. The predicted octanol–water partition coefficient (Wildman–Crippen LogP) is 4.25. The van der Waals surface area contributed by atoms with Crippen LogP contribution in [0.3, 0.4) is 0 Å². The Morgan fingerprint density at radius 1 is 1.12 bits per heavy atom. The van der Waals surface area contributed by atoms with E-state index in [0.29, 0.717) is 5.25 Å². The second kappa shape index (κ2) is 4.46. The van der Waals surface area contributed by atoms with Crippen LogP contribution in [0.4, 0.5) is 5.69 Å². The number of thioether (sulfide) groups is 1. The van der Waals surface area contributed by atoms with Crippen molar-refractivity contribution in [1.29, 1.82) is 0 Å². The third-order valence-corrected chi connectivity index (χ3v) is 4.38. The molecule has 1 atom stereocenters. The summed E-state index contributed by atoms with van der Waals surface area (Å²) in [4.78, 5) is 1.35. The monoisotopic (exact) mass is 241 g/mol. The number of para-hydroxylation sites is 1. The Hall–Kier alpha value is -1.41. The van der Waals surface area contributed by atoms with E-state index in [2.05, 4.69) is 60.8 Å². The molecule has 17 heavy (non-hydrogen) atoms. The molecule has 3 rings (SSSR count). The van der Waals surface area contributed by atoms with E-state index in [4.69, 9.17) is 0 Å². The van der Waals surface area contributed by atoms with Gasteiger partial charge in [0.1, 0.15) is 0 Å². The first kappa shape index (κ1) is 10.7. The zero-order valence-corrected chi connectivity index (χ0v) is 10.6. The summed E-state index contributed by atoms with van der Waals surface area (Å²) in [6.45, 7) is 3.16. The SMILES string of the molecule is Cc1cccc(C2CNc3ccccc3S2)c1. The van der Waals surface area contributed by atoms with Gasteiger partial charge in [-0.3, -0.25) is 0 Å². The number of rotatable bonds is 1. The van der Waals surface area contributed by atoms with Gasteiger partial charge in [-0.1, -0.05) is 42.0 Å². The van der Waals surface area contributed by atoms with Gasteiger partial charge in [0, 0.05) is 17.1 Å². The molecule has 2 aromatic rings. The Morgan fingerprint density at radius 2 is 2.00 bits per heavy atom. The van der Waals surface area contributed by atoms with E-state index < -0.39 is 0 Å². The maximum absolute atomic E-state index is 3.51. The van der Waals surface area contributed by atoms with E-state index in [1.807, 2.05) is 11.8 Å². The second-order valence-electron chi connectivity index (χ2n) is 4.40. The summed E-state index contributed by atoms with van der Waals surface area (Å²) in [6, 6.07) is 17.3. The van der Waals surface area contributed by atoms with Crippen molar-refractivity contribution in [1.82, 2.24) is 0 Å². The molecule has 0 radical (unpaired) electrons. The van der Waals surface area contributed by atoms with Gasteiger partial charge in [0.25, 0.3) is 0 Å². The lowest BCUT2D eigenvalue weighted by molar-refractivity contribution is 0.962. The van der Waals surface area contributed by atoms with Crippen molar-refractivity contribution in [2.75, 3.05) is 11.9 Å². The number of benzene rings is 2. The first-order valence-corrected chi connectivity index (χ1v) is 6.77. The topological polar surface area (TPSA) is 12.0 Å². The number of nitrogens with one attached hydrogen (secondary N) is 1. The predicted molar refractivity (Wildman–Crippen MR) is 74.7 cm³/mol. The molecule has 1 nitrogen and oxygen atoms in total. The van der Waals surface area contributed by atoms with Crippen LogP contribution in [-0.2, 0) is 0 Å². The van der Waals surface area contributed by atoms with E-state index in [-0.39, 0.29) is 0 Å². The van der Waals surface area contributed by atoms with Gasteiger partial charge < -0.3 is 5.32 Å². The van der Waals surface area contributed by atoms with Crippen LogP contribution < -0.4 is 5.32 Å². The fourth-order valence-electron chi connectivity index (χ4n) is 2.17. The van der Waals surface area contributed by atoms with Crippen LogP contribution in [0, 0.1) is 6.92 Å². The van der Waals surface area contributed by atoms with Gasteiger partial charge in [-0.15, -0.1) is 11.8 Å². The Kier molecular flexibility index (Phi) is 2.81. The smallest absolute Gasteiger partial charge is 0.0517 e. The molecule has 86 valence electrons. The highest BCUT2D eigenvalue weighted by atomic mass is 32.2. The zero-order chi connectivity index (χ0) is 11.7. The number of fused-ring (bicyclic) bond motifs is 1. The van der Waals surface area contributed by atoms with Gasteiger partial charge in [0.15, 0.2) is 0 Å². The van der Waals surface area contributed by atoms with Crippen molar-refractivity contribution >= 4 is 17.4 Å². The molecule has 2 aromatic carbocycles.